The molecule has 0 aliphatic heterocycles. The average Bonchev–Trinajstić information content (AvgIpc) is 2.15. The molecule has 0 bridgehead atoms. The van der Waals surface area contributed by atoms with E-state index in [1.165, 1.54) is 0 Å². The van der Waals surface area contributed by atoms with Crippen LogP contribution in [0.4, 0.5) is 0 Å². The fraction of sp³-hybridized carbons (Fsp3) is 0.909. The van der Waals surface area contributed by atoms with Crippen molar-refractivity contribution in [2.24, 2.45) is 5.92 Å². The predicted octanol–water partition coefficient (Wildman–Crippen LogP) is 1.87. The van der Waals surface area contributed by atoms with E-state index in [9.17, 15) is 0 Å². The van der Waals surface area contributed by atoms with E-state index < -0.39 is 0 Å². The minimum absolute atomic E-state index is 0.254. The number of hydrogen-bond donors (Lipinski definition) is 1. The molecule has 0 saturated heterocycles. The monoisotopic (exact) mass is 232 g/mol. The zero-order valence-corrected chi connectivity index (χ0v) is 11.5. The van der Waals surface area contributed by atoms with Crippen molar-refractivity contribution in [1.82, 2.24) is 10.2 Å². The Morgan fingerprint density at radius 1 is 1.33 bits per heavy atom. The lowest BCUT2D eigenvalue weighted by molar-refractivity contribution is 0.177. The molecule has 0 aromatic carbocycles. The SMILES string of the molecule is COCC(C)NC(=S)N(C)C(C)C(C)C. The molecule has 0 radical (unpaired) electrons. The minimum atomic E-state index is 0.254. The standard InChI is InChI=1S/C11H24N2OS/c1-8(2)10(4)13(5)11(15)12-9(3)7-14-6/h8-10H,7H2,1-6H3,(H,12,15). The van der Waals surface area contributed by atoms with Crippen LogP contribution in [-0.2, 0) is 4.74 Å². The number of nitrogens with zero attached hydrogens (tertiary/aromatic N) is 1. The summed E-state index contributed by atoms with van der Waals surface area (Å²) in [6.45, 7) is 9.30. The van der Waals surface area contributed by atoms with Gasteiger partial charge in [-0.2, -0.15) is 0 Å². The summed E-state index contributed by atoms with van der Waals surface area (Å²) >= 11 is 5.32. The molecule has 0 amide bonds. The highest BCUT2D eigenvalue weighted by Gasteiger charge is 2.16. The maximum Gasteiger partial charge on any atom is 0.169 e. The number of hydrogen-bond acceptors (Lipinski definition) is 2. The normalized spacial score (nSPS) is 14.9. The molecular weight excluding hydrogens is 208 g/mol. The molecule has 0 aromatic rings. The lowest BCUT2D eigenvalue weighted by atomic mass is 10.1. The highest BCUT2D eigenvalue weighted by molar-refractivity contribution is 7.80. The molecule has 1 N–H and O–H groups in total. The summed E-state index contributed by atoms with van der Waals surface area (Å²) in [5, 5.41) is 4.04. The minimum Gasteiger partial charge on any atom is -0.383 e. The van der Waals surface area contributed by atoms with Crippen molar-refractivity contribution in [3.63, 3.8) is 0 Å². The molecule has 2 unspecified atom stereocenters. The molecule has 0 aromatic heterocycles. The van der Waals surface area contributed by atoms with Crippen molar-refractivity contribution in [1.29, 1.82) is 0 Å². The molecule has 0 saturated carbocycles. The summed E-state index contributed by atoms with van der Waals surface area (Å²) in [4.78, 5) is 2.10. The van der Waals surface area contributed by atoms with E-state index in [1.54, 1.807) is 7.11 Å². The van der Waals surface area contributed by atoms with Gasteiger partial charge in [0.15, 0.2) is 5.11 Å². The second-order valence-corrected chi connectivity index (χ2v) is 4.79. The number of rotatable bonds is 5. The van der Waals surface area contributed by atoms with E-state index in [4.69, 9.17) is 17.0 Å². The first-order valence-corrected chi connectivity index (χ1v) is 5.83. The third-order valence-corrected chi connectivity index (χ3v) is 3.09. The summed E-state index contributed by atoms with van der Waals surface area (Å²) in [6, 6.07) is 0.698. The molecule has 90 valence electrons. The van der Waals surface area contributed by atoms with Crippen LogP contribution < -0.4 is 5.32 Å². The summed E-state index contributed by atoms with van der Waals surface area (Å²) in [6.07, 6.45) is 0. The van der Waals surface area contributed by atoms with Gasteiger partial charge in [0.25, 0.3) is 0 Å². The van der Waals surface area contributed by atoms with Gasteiger partial charge >= 0.3 is 0 Å². The molecule has 4 heteroatoms. The molecule has 0 heterocycles. The first kappa shape index (κ1) is 14.6. The van der Waals surface area contributed by atoms with Crippen molar-refractivity contribution in [3.05, 3.63) is 0 Å². The predicted molar refractivity (Wildman–Crippen MR) is 69.1 cm³/mol. The van der Waals surface area contributed by atoms with Crippen LogP contribution in [0.1, 0.15) is 27.7 Å². The number of methoxy groups -OCH3 is 1. The number of nitrogens with one attached hydrogen (secondary N) is 1. The zero-order chi connectivity index (χ0) is 12.0. The van der Waals surface area contributed by atoms with Crippen LogP contribution in [0.5, 0.6) is 0 Å². The maximum atomic E-state index is 5.32. The van der Waals surface area contributed by atoms with Crippen LogP contribution >= 0.6 is 12.2 Å². The fourth-order valence-electron chi connectivity index (χ4n) is 1.24. The van der Waals surface area contributed by atoms with Gasteiger partial charge in [0, 0.05) is 26.2 Å². The topological polar surface area (TPSA) is 24.5 Å². The molecule has 0 aliphatic rings. The lowest BCUT2D eigenvalue weighted by Gasteiger charge is -2.31. The Morgan fingerprint density at radius 2 is 1.87 bits per heavy atom. The molecule has 0 spiro atoms. The Labute approximate surface area is 99.2 Å². The van der Waals surface area contributed by atoms with Gasteiger partial charge in [-0.05, 0) is 32.0 Å². The highest BCUT2D eigenvalue weighted by Crippen LogP contribution is 2.08. The fourth-order valence-corrected chi connectivity index (χ4v) is 1.60. The molecule has 2 atom stereocenters. The van der Waals surface area contributed by atoms with Crippen LogP contribution in [0, 0.1) is 5.92 Å². The quantitative estimate of drug-likeness (QED) is 0.732. The smallest absolute Gasteiger partial charge is 0.169 e. The van der Waals surface area contributed by atoms with E-state index >= 15 is 0 Å². The Balaban J connectivity index is 4.09. The Morgan fingerprint density at radius 3 is 2.27 bits per heavy atom. The molecule has 0 rings (SSSR count). The third-order valence-electron chi connectivity index (χ3n) is 2.68. The van der Waals surface area contributed by atoms with E-state index in [-0.39, 0.29) is 6.04 Å². The molecule has 0 aliphatic carbocycles. The van der Waals surface area contributed by atoms with Gasteiger partial charge in [-0.15, -0.1) is 0 Å². The molecule has 0 fully saturated rings. The van der Waals surface area contributed by atoms with Crippen LogP contribution in [0.2, 0.25) is 0 Å². The lowest BCUT2D eigenvalue weighted by Crippen LogP contribution is -2.48. The second kappa shape index (κ2) is 7.01. The van der Waals surface area contributed by atoms with Crippen molar-refractivity contribution >= 4 is 17.3 Å². The highest BCUT2D eigenvalue weighted by atomic mass is 32.1. The average molecular weight is 232 g/mol. The van der Waals surface area contributed by atoms with Gasteiger partial charge in [-0.3, -0.25) is 0 Å². The van der Waals surface area contributed by atoms with Crippen molar-refractivity contribution in [3.8, 4) is 0 Å². The van der Waals surface area contributed by atoms with Gasteiger partial charge in [-0.1, -0.05) is 13.8 Å². The maximum absolute atomic E-state index is 5.32. The Hall–Kier alpha value is -0.350. The van der Waals surface area contributed by atoms with Crippen LogP contribution in [0.15, 0.2) is 0 Å². The number of thiocarbonyl (C=S) groups is 1. The second-order valence-electron chi connectivity index (χ2n) is 4.40. The summed E-state index contributed by atoms with van der Waals surface area (Å²) < 4.78 is 5.05. The summed E-state index contributed by atoms with van der Waals surface area (Å²) in [5.74, 6) is 0.590. The summed E-state index contributed by atoms with van der Waals surface area (Å²) in [7, 11) is 3.72. The van der Waals surface area contributed by atoms with Crippen LogP contribution in [-0.4, -0.2) is 42.9 Å². The number of ether oxygens (including phenoxy) is 1. The zero-order valence-electron chi connectivity index (χ0n) is 10.7. The molecular formula is C11H24N2OS. The van der Waals surface area contributed by atoms with Crippen molar-refractivity contribution in [2.45, 2.75) is 39.8 Å². The van der Waals surface area contributed by atoms with Crippen molar-refractivity contribution in [2.75, 3.05) is 20.8 Å². The first-order valence-electron chi connectivity index (χ1n) is 5.42. The molecule has 3 nitrogen and oxygen atoms in total. The van der Waals surface area contributed by atoms with Gasteiger partial charge in [0.05, 0.1) is 6.61 Å². The van der Waals surface area contributed by atoms with Crippen molar-refractivity contribution < 1.29 is 4.74 Å². The van der Waals surface area contributed by atoms with Gasteiger partial charge < -0.3 is 15.0 Å². The van der Waals surface area contributed by atoms with Gasteiger partial charge in [0.2, 0.25) is 0 Å². The Bertz CT molecular complexity index is 197. The largest absolute Gasteiger partial charge is 0.383 e. The van der Waals surface area contributed by atoms with E-state index in [1.807, 2.05) is 7.05 Å². The van der Waals surface area contributed by atoms with E-state index in [2.05, 4.69) is 37.9 Å². The third kappa shape index (κ3) is 5.33. The van der Waals surface area contributed by atoms with E-state index in [0.29, 0.717) is 18.6 Å². The van der Waals surface area contributed by atoms with Gasteiger partial charge in [-0.25, -0.2) is 0 Å². The molecule has 15 heavy (non-hydrogen) atoms. The summed E-state index contributed by atoms with van der Waals surface area (Å²) in [5.41, 5.74) is 0. The van der Waals surface area contributed by atoms with Crippen LogP contribution in [0.25, 0.3) is 0 Å². The Kier molecular flexibility index (Phi) is 6.85. The van der Waals surface area contributed by atoms with Crippen LogP contribution in [0.3, 0.4) is 0 Å². The van der Waals surface area contributed by atoms with Gasteiger partial charge in [0.1, 0.15) is 0 Å². The van der Waals surface area contributed by atoms with E-state index in [0.717, 1.165) is 5.11 Å². The first-order chi connectivity index (χ1) is 6.90.